The van der Waals surface area contributed by atoms with Gasteiger partial charge in [0.1, 0.15) is 6.61 Å². The molecule has 0 bridgehead atoms. The largest absolute Gasteiger partial charge is 0.506 e. The van der Waals surface area contributed by atoms with Gasteiger partial charge in [0.15, 0.2) is 0 Å². The van der Waals surface area contributed by atoms with Gasteiger partial charge in [-0.15, -0.1) is 0 Å². The predicted octanol–water partition coefficient (Wildman–Crippen LogP) is 1.71. The molecular formula is C16H23NO6. The lowest BCUT2D eigenvalue weighted by molar-refractivity contribution is -0.110. The average Bonchev–Trinajstić information content (AvgIpc) is 2.88. The van der Waals surface area contributed by atoms with E-state index in [1.54, 1.807) is 12.2 Å². The molecule has 128 valence electrons. The van der Waals surface area contributed by atoms with Gasteiger partial charge in [0.25, 0.3) is 0 Å². The number of fused-ring (bicyclic) bond motifs is 1. The van der Waals surface area contributed by atoms with Crippen LogP contribution in [0.1, 0.15) is 26.2 Å². The van der Waals surface area contributed by atoms with Crippen LogP contribution in [-0.4, -0.2) is 54.0 Å². The maximum Gasteiger partial charge on any atom is 0.506 e. The van der Waals surface area contributed by atoms with Crippen molar-refractivity contribution in [3.05, 3.63) is 12.2 Å². The van der Waals surface area contributed by atoms with Crippen molar-refractivity contribution in [2.75, 3.05) is 13.2 Å². The Kier molecular flexibility index (Phi) is 6.39. The highest BCUT2D eigenvalue weighted by molar-refractivity contribution is 5.56. The van der Waals surface area contributed by atoms with E-state index in [-0.39, 0.29) is 49.5 Å². The first-order valence-corrected chi connectivity index (χ1v) is 7.89. The van der Waals surface area contributed by atoms with E-state index in [4.69, 9.17) is 19.8 Å². The Morgan fingerprint density at radius 1 is 1.48 bits per heavy atom. The molecule has 0 aliphatic carbocycles. The molecule has 2 saturated heterocycles. The second-order valence-electron chi connectivity index (χ2n) is 6.06. The van der Waals surface area contributed by atoms with Crippen LogP contribution in [0.4, 0.5) is 4.79 Å². The van der Waals surface area contributed by atoms with Crippen LogP contribution in [0.3, 0.4) is 0 Å². The van der Waals surface area contributed by atoms with Crippen molar-refractivity contribution in [3.63, 3.8) is 0 Å². The van der Waals surface area contributed by atoms with Crippen LogP contribution in [0.5, 0.6) is 0 Å². The summed E-state index contributed by atoms with van der Waals surface area (Å²) in [6.07, 6.45) is 3.75. The fourth-order valence-corrected chi connectivity index (χ4v) is 3.23. The summed E-state index contributed by atoms with van der Waals surface area (Å²) in [5.41, 5.74) is 0. The number of aliphatic hydroxyl groups excluding tert-OH is 1. The van der Waals surface area contributed by atoms with Crippen LogP contribution in [0, 0.1) is 23.2 Å². The molecule has 0 saturated carbocycles. The smallest absolute Gasteiger partial charge is 0.450 e. The van der Waals surface area contributed by atoms with Crippen molar-refractivity contribution in [2.24, 2.45) is 11.8 Å². The van der Waals surface area contributed by atoms with Crippen LogP contribution >= 0.6 is 0 Å². The molecule has 7 heteroatoms. The normalized spacial score (nSPS) is 34.7. The molecule has 0 amide bonds. The number of nitriles is 1. The highest BCUT2D eigenvalue weighted by Gasteiger charge is 2.47. The van der Waals surface area contributed by atoms with Crippen molar-refractivity contribution < 1.29 is 29.2 Å². The lowest BCUT2D eigenvalue weighted by Gasteiger charge is -2.33. The maximum absolute atomic E-state index is 10.3. The third-order valence-electron chi connectivity index (χ3n) is 4.34. The van der Waals surface area contributed by atoms with Gasteiger partial charge in [-0.3, -0.25) is 0 Å². The molecule has 2 rings (SSSR count). The SMILES string of the molecule is C[C@@H](C#N)CC1CCC2OC(/C=C/COC(=O)O)C(CO)C2O1. The number of rotatable bonds is 6. The monoisotopic (exact) mass is 325 g/mol. The molecule has 7 nitrogen and oxygen atoms in total. The summed E-state index contributed by atoms with van der Waals surface area (Å²) in [5, 5.41) is 27.0. The van der Waals surface area contributed by atoms with Crippen molar-refractivity contribution >= 4 is 6.16 Å². The number of aliphatic hydroxyl groups is 1. The molecule has 0 aromatic rings. The van der Waals surface area contributed by atoms with E-state index >= 15 is 0 Å². The van der Waals surface area contributed by atoms with Crippen molar-refractivity contribution in [1.82, 2.24) is 0 Å². The Bertz CT molecular complexity index is 474. The summed E-state index contributed by atoms with van der Waals surface area (Å²) in [7, 11) is 0. The number of hydrogen-bond donors (Lipinski definition) is 2. The van der Waals surface area contributed by atoms with Gasteiger partial charge < -0.3 is 24.4 Å². The minimum absolute atomic E-state index is 0.0154. The number of carbonyl (C=O) groups is 1. The van der Waals surface area contributed by atoms with E-state index < -0.39 is 6.16 Å². The quantitative estimate of drug-likeness (QED) is 0.565. The van der Waals surface area contributed by atoms with Crippen LogP contribution < -0.4 is 0 Å². The average molecular weight is 325 g/mol. The molecule has 2 aliphatic rings. The number of ether oxygens (including phenoxy) is 3. The molecule has 2 aliphatic heterocycles. The van der Waals surface area contributed by atoms with Crippen LogP contribution in [-0.2, 0) is 14.2 Å². The number of carboxylic acid groups (broad SMARTS) is 1. The standard InChI is InChI=1S/C16H23NO6/c1-10(8-17)7-11-4-5-14-15(22-11)12(9-18)13(23-14)3-2-6-21-16(19)20/h2-3,10-15,18H,4-7,9H2,1H3,(H,19,20)/b3-2+/t10-,11?,12?,13?,14?,15?/m1/s1. The molecule has 2 heterocycles. The first-order valence-electron chi connectivity index (χ1n) is 7.89. The van der Waals surface area contributed by atoms with Crippen LogP contribution in [0.25, 0.3) is 0 Å². The molecule has 0 aromatic heterocycles. The minimum Gasteiger partial charge on any atom is -0.450 e. The molecule has 2 N–H and O–H groups in total. The first kappa shape index (κ1) is 17.7. The highest BCUT2D eigenvalue weighted by atomic mass is 16.7. The van der Waals surface area contributed by atoms with Gasteiger partial charge in [-0.2, -0.15) is 5.26 Å². The van der Waals surface area contributed by atoms with Crippen molar-refractivity contribution in [1.29, 1.82) is 5.26 Å². The van der Waals surface area contributed by atoms with E-state index in [0.29, 0.717) is 6.42 Å². The predicted molar refractivity (Wildman–Crippen MR) is 79.6 cm³/mol. The van der Waals surface area contributed by atoms with Crippen molar-refractivity contribution in [3.8, 4) is 6.07 Å². The Balaban J connectivity index is 1.92. The lowest BCUT2D eigenvalue weighted by Crippen LogP contribution is -2.41. The fraction of sp³-hybridized carbons (Fsp3) is 0.750. The lowest BCUT2D eigenvalue weighted by atomic mass is 9.89. The molecule has 2 fully saturated rings. The number of nitrogens with zero attached hydrogens (tertiary/aromatic N) is 1. The summed E-state index contributed by atoms with van der Waals surface area (Å²) in [6.45, 7) is 1.75. The van der Waals surface area contributed by atoms with E-state index in [9.17, 15) is 9.90 Å². The summed E-state index contributed by atoms with van der Waals surface area (Å²) in [6, 6.07) is 2.22. The van der Waals surface area contributed by atoms with E-state index in [0.717, 1.165) is 12.8 Å². The van der Waals surface area contributed by atoms with Gasteiger partial charge in [-0.1, -0.05) is 6.08 Å². The maximum atomic E-state index is 10.3. The Hall–Kier alpha value is -1.62. The van der Waals surface area contributed by atoms with Gasteiger partial charge in [0.2, 0.25) is 0 Å². The molecular weight excluding hydrogens is 302 g/mol. The van der Waals surface area contributed by atoms with Crippen LogP contribution in [0.15, 0.2) is 12.2 Å². The van der Waals surface area contributed by atoms with Gasteiger partial charge in [0.05, 0.1) is 37.1 Å². The molecule has 23 heavy (non-hydrogen) atoms. The fourth-order valence-electron chi connectivity index (χ4n) is 3.23. The molecule has 0 radical (unpaired) electrons. The van der Waals surface area contributed by atoms with Crippen LogP contribution in [0.2, 0.25) is 0 Å². The third-order valence-corrected chi connectivity index (χ3v) is 4.34. The second kappa shape index (κ2) is 8.29. The summed E-state index contributed by atoms with van der Waals surface area (Å²) in [5.74, 6) is -0.253. The zero-order valence-corrected chi connectivity index (χ0v) is 13.1. The van der Waals surface area contributed by atoms with Gasteiger partial charge in [-0.05, 0) is 32.3 Å². The van der Waals surface area contributed by atoms with E-state index in [1.807, 2.05) is 6.92 Å². The topological polar surface area (TPSA) is 109 Å². The number of hydrogen-bond acceptors (Lipinski definition) is 6. The Morgan fingerprint density at radius 2 is 2.26 bits per heavy atom. The third kappa shape index (κ3) is 4.67. The zero-order chi connectivity index (χ0) is 16.8. The van der Waals surface area contributed by atoms with Crippen molar-refractivity contribution in [2.45, 2.75) is 50.6 Å². The van der Waals surface area contributed by atoms with E-state index in [1.165, 1.54) is 0 Å². The summed E-state index contributed by atoms with van der Waals surface area (Å²) in [4.78, 5) is 10.3. The highest BCUT2D eigenvalue weighted by Crippen LogP contribution is 2.38. The Morgan fingerprint density at radius 3 is 2.91 bits per heavy atom. The second-order valence-corrected chi connectivity index (χ2v) is 6.06. The molecule has 0 aromatic carbocycles. The van der Waals surface area contributed by atoms with E-state index in [2.05, 4.69) is 10.8 Å². The molecule has 6 atom stereocenters. The molecule has 5 unspecified atom stereocenters. The zero-order valence-electron chi connectivity index (χ0n) is 13.1. The van der Waals surface area contributed by atoms with Gasteiger partial charge >= 0.3 is 6.16 Å². The van der Waals surface area contributed by atoms with Gasteiger partial charge in [-0.25, -0.2) is 4.79 Å². The summed E-state index contributed by atoms with van der Waals surface area (Å²) < 4.78 is 16.4. The Labute approximate surface area is 135 Å². The van der Waals surface area contributed by atoms with Gasteiger partial charge in [0, 0.05) is 11.8 Å². The summed E-state index contributed by atoms with van der Waals surface area (Å²) >= 11 is 0. The molecule has 0 spiro atoms. The first-order chi connectivity index (χ1) is 11.0. The minimum atomic E-state index is -1.33.